The quantitative estimate of drug-likeness (QED) is 0.926. The van der Waals surface area contributed by atoms with Crippen molar-refractivity contribution in [3.05, 3.63) is 16.7 Å². The van der Waals surface area contributed by atoms with Crippen LogP contribution in [-0.4, -0.2) is 26.9 Å². The van der Waals surface area contributed by atoms with Gasteiger partial charge in [0.2, 0.25) is 0 Å². The molecule has 1 aliphatic heterocycles. The third-order valence-electron chi connectivity index (χ3n) is 3.92. The fourth-order valence-electron chi connectivity index (χ4n) is 2.65. The first-order valence-electron chi connectivity index (χ1n) is 6.58. The topological polar surface area (TPSA) is 53.7 Å². The molecular formula is C14H18ClNO3. The van der Waals surface area contributed by atoms with Gasteiger partial charge >= 0.3 is 0 Å². The van der Waals surface area contributed by atoms with Crippen LogP contribution in [0.4, 0.5) is 0 Å². The van der Waals surface area contributed by atoms with Gasteiger partial charge in [0.1, 0.15) is 5.75 Å². The van der Waals surface area contributed by atoms with Crippen LogP contribution < -0.4 is 19.9 Å². The van der Waals surface area contributed by atoms with Gasteiger partial charge in [0.25, 0.3) is 0 Å². The number of benzene rings is 1. The van der Waals surface area contributed by atoms with Crippen LogP contribution in [0.1, 0.15) is 24.8 Å². The molecule has 5 heteroatoms. The van der Waals surface area contributed by atoms with E-state index in [1.165, 1.54) is 0 Å². The van der Waals surface area contributed by atoms with Gasteiger partial charge in [0.15, 0.2) is 11.5 Å². The summed E-state index contributed by atoms with van der Waals surface area (Å²) in [5, 5.41) is 0.557. The summed E-state index contributed by atoms with van der Waals surface area (Å²) in [7, 11) is 1.63. The Morgan fingerprint density at radius 1 is 1.37 bits per heavy atom. The van der Waals surface area contributed by atoms with E-state index in [-0.39, 0.29) is 5.41 Å². The van der Waals surface area contributed by atoms with Crippen molar-refractivity contribution >= 4 is 11.6 Å². The lowest BCUT2D eigenvalue weighted by molar-refractivity contribution is 0.294. The van der Waals surface area contributed by atoms with Gasteiger partial charge in [-0.25, -0.2) is 0 Å². The lowest BCUT2D eigenvalue weighted by Gasteiger charge is -2.23. The Morgan fingerprint density at radius 2 is 2.11 bits per heavy atom. The summed E-state index contributed by atoms with van der Waals surface area (Å²) >= 11 is 6.31. The minimum absolute atomic E-state index is 0.0615. The molecule has 104 valence electrons. The molecule has 0 saturated heterocycles. The van der Waals surface area contributed by atoms with E-state index >= 15 is 0 Å². The van der Waals surface area contributed by atoms with E-state index in [4.69, 9.17) is 31.5 Å². The minimum Gasteiger partial charge on any atom is -0.495 e. The minimum atomic E-state index is -0.0615. The Kier molecular flexibility index (Phi) is 3.23. The molecule has 0 bridgehead atoms. The molecular weight excluding hydrogens is 266 g/mol. The average molecular weight is 284 g/mol. The first-order chi connectivity index (χ1) is 9.22. The predicted octanol–water partition coefficient (Wildman–Crippen LogP) is 2.50. The largest absolute Gasteiger partial charge is 0.495 e. The number of ether oxygens (including phenoxy) is 3. The van der Waals surface area contributed by atoms with Crippen LogP contribution in [0.15, 0.2) is 6.07 Å². The highest BCUT2D eigenvalue weighted by Gasteiger charge is 2.48. The number of halogens is 1. The molecule has 1 fully saturated rings. The normalized spacial score (nSPS) is 19.7. The third-order valence-corrected chi connectivity index (χ3v) is 4.20. The third kappa shape index (κ3) is 2.03. The van der Waals surface area contributed by atoms with Gasteiger partial charge in [-0.15, -0.1) is 0 Å². The molecule has 1 heterocycles. The number of fused-ring (bicyclic) bond motifs is 1. The molecule has 1 aromatic rings. The molecule has 3 rings (SSSR count). The SMILES string of the molecule is COc1c(Cl)cc2c(c1C1(CN)CC1)OCCCO2. The lowest BCUT2D eigenvalue weighted by atomic mass is 9.93. The zero-order chi connectivity index (χ0) is 13.5. The maximum absolute atomic E-state index is 6.31. The monoisotopic (exact) mass is 283 g/mol. The summed E-state index contributed by atoms with van der Waals surface area (Å²) in [5.74, 6) is 2.15. The molecule has 1 saturated carbocycles. The number of methoxy groups -OCH3 is 1. The summed E-state index contributed by atoms with van der Waals surface area (Å²) in [6.45, 7) is 1.86. The van der Waals surface area contributed by atoms with Gasteiger partial charge in [-0.2, -0.15) is 0 Å². The molecule has 19 heavy (non-hydrogen) atoms. The smallest absolute Gasteiger partial charge is 0.168 e. The van der Waals surface area contributed by atoms with Crippen LogP contribution in [0.5, 0.6) is 17.2 Å². The van der Waals surface area contributed by atoms with Crippen molar-refractivity contribution in [2.45, 2.75) is 24.7 Å². The Balaban J connectivity index is 2.20. The van der Waals surface area contributed by atoms with E-state index in [1.807, 2.05) is 0 Å². The highest BCUT2D eigenvalue weighted by Crippen LogP contribution is 2.58. The molecule has 1 aromatic carbocycles. The second-order valence-corrected chi connectivity index (χ2v) is 5.54. The summed E-state index contributed by atoms with van der Waals surface area (Å²) in [4.78, 5) is 0. The van der Waals surface area contributed by atoms with E-state index in [0.29, 0.717) is 36.3 Å². The Hall–Kier alpha value is -1.13. The van der Waals surface area contributed by atoms with Gasteiger partial charge in [-0.3, -0.25) is 0 Å². The van der Waals surface area contributed by atoms with E-state index in [0.717, 1.165) is 30.6 Å². The maximum Gasteiger partial charge on any atom is 0.168 e. The highest BCUT2D eigenvalue weighted by molar-refractivity contribution is 6.32. The van der Waals surface area contributed by atoms with Crippen LogP contribution in [0.2, 0.25) is 5.02 Å². The van der Waals surface area contributed by atoms with E-state index in [1.54, 1.807) is 13.2 Å². The van der Waals surface area contributed by atoms with Crippen molar-refractivity contribution in [2.75, 3.05) is 26.9 Å². The van der Waals surface area contributed by atoms with Crippen LogP contribution in [0.25, 0.3) is 0 Å². The van der Waals surface area contributed by atoms with Gasteiger partial charge in [-0.05, 0) is 12.8 Å². The molecule has 0 unspecified atom stereocenters. The first-order valence-corrected chi connectivity index (χ1v) is 6.96. The zero-order valence-corrected chi connectivity index (χ0v) is 11.8. The predicted molar refractivity (Wildman–Crippen MR) is 73.6 cm³/mol. The molecule has 0 spiro atoms. The van der Waals surface area contributed by atoms with Gasteiger partial charge in [0, 0.05) is 30.0 Å². The van der Waals surface area contributed by atoms with Gasteiger partial charge < -0.3 is 19.9 Å². The van der Waals surface area contributed by atoms with Crippen molar-refractivity contribution in [2.24, 2.45) is 5.73 Å². The van der Waals surface area contributed by atoms with Crippen molar-refractivity contribution < 1.29 is 14.2 Å². The summed E-state index contributed by atoms with van der Waals surface area (Å²) in [5.41, 5.74) is 6.88. The fourth-order valence-corrected chi connectivity index (χ4v) is 2.92. The van der Waals surface area contributed by atoms with Crippen LogP contribution in [0.3, 0.4) is 0 Å². The lowest BCUT2D eigenvalue weighted by Crippen LogP contribution is -2.22. The summed E-state index contributed by atoms with van der Waals surface area (Å²) in [6.07, 6.45) is 2.94. The molecule has 0 aromatic heterocycles. The second kappa shape index (κ2) is 4.76. The van der Waals surface area contributed by atoms with Crippen LogP contribution in [-0.2, 0) is 5.41 Å². The second-order valence-electron chi connectivity index (χ2n) is 5.13. The molecule has 0 amide bonds. The van der Waals surface area contributed by atoms with Gasteiger partial charge in [0.05, 0.1) is 25.3 Å². The van der Waals surface area contributed by atoms with E-state index in [9.17, 15) is 0 Å². The number of rotatable bonds is 3. The van der Waals surface area contributed by atoms with Crippen molar-refractivity contribution in [1.29, 1.82) is 0 Å². The van der Waals surface area contributed by atoms with Crippen LogP contribution in [0, 0.1) is 0 Å². The summed E-state index contributed by atoms with van der Waals surface area (Å²) < 4.78 is 17.1. The zero-order valence-electron chi connectivity index (χ0n) is 11.0. The molecule has 0 radical (unpaired) electrons. The van der Waals surface area contributed by atoms with Crippen molar-refractivity contribution in [3.63, 3.8) is 0 Å². The molecule has 4 nitrogen and oxygen atoms in total. The van der Waals surface area contributed by atoms with E-state index < -0.39 is 0 Å². The fraction of sp³-hybridized carbons (Fsp3) is 0.571. The standard InChI is InChI=1S/C14H18ClNO3/c1-17-12-9(15)7-10-13(19-6-2-5-18-10)11(12)14(8-16)3-4-14/h7H,2-6,8,16H2,1H3. The number of hydrogen-bond donors (Lipinski definition) is 1. The Morgan fingerprint density at radius 3 is 2.74 bits per heavy atom. The number of nitrogens with two attached hydrogens (primary N) is 1. The first kappa shape index (κ1) is 12.9. The number of hydrogen-bond acceptors (Lipinski definition) is 4. The molecule has 2 N–H and O–H groups in total. The molecule has 1 aliphatic carbocycles. The highest BCUT2D eigenvalue weighted by atomic mass is 35.5. The average Bonchev–Trinajstić information content (AvgIpc) is 3.21. The molecule has 2 aliphatic rings. The van der Waals surface area contributed by atoms with Crippen molar-refractivity contribution in [3.8, 4) is 17.2 Å². The Labute approximate surface area is 117 Å². The maximum atomic E-state index is 6.31. The molecule has 0 atom stereocenters. The summed E-state index contributed by atoms with van der Waals surface area (Å²) in [6, 6.07) is 1.77. The van der Waals surface area contributed by atoms with Gasteiger partial charge in [-0.1, -0.05) is 11.6 Å². The van der Waals surface area contributed by atoms with Crippen molar-refractivity contribution in [1.82, 2.24) is 0 Å². The van der Waals surface area contributed by atoms with Crippen LogP contribution >= 0.6 is 11.6 Å². The Bertz CT molecular complexity index is 500. The van der Waals surface area contributed by atoms with E-state index in [2.05, 4.69) is 0 Å².